The molecule has 0 atom stereocenters. The molecule has 0 bridgehead atoms. The molecule has 7 heteroatoms. The molecule has 0 fully saturated rings. The highest BCUT2D eigenvalue weighted by Crippen LogP contribution is 2.36. The van der Waals surface area contributed by atoms with Crippen LogP contribution in [0.5, 0.6) is 0 Å². The summed E-state index contributed by atoms with van der Waals surface area (Å²) in [6.45, 7) is 2.38. The zero-order valence-corrected chi connectivity index (χ0v) is 13.5. The zero-order chi connectivity index (χ0) is 15.4. The summed E-state index contributed by atoms with van der Waals surface area (Å²) in [6.07, 6.45) is 0.363. The second-order valence-corrected chi connectivity index (χ2v) is 6.39. The maximum Gasteiger partial charge on any atom is 0.256 e. The molecular formula is C14H17N3O2S2. The molecule has 4 N–H and O–H groups in total. The van der Waals surface area contributed by atoms with Gasteiger partial charge in [-0.25, -0.2) is 0 Å². The Bertz CT molecular complexity index is 647. The van der Waals surface area contributed by atoms with Gasteiger partial charge < -0.3 is 16.4 Å². The summed E-state index contributed by atoms with van der Waals surface area (Å²) in [5.74, 6) is -0.334. The minimum absolute atomic E-state index is 0.0492. The topological polar surface area (TPSA) is 84.2 Å². The van der Waals surface area contributed by atoms with Crippen molar-refractivity contribution in [1.29, 1.82) is 0 Å². The van der Waals surface area contributed by atoms with Crippen LogP contribution in [0.25, 0.3) is 0 Å². The summed E-state index contributed by atoms with van der Waals surface area (Å²) in [6, 6.07) is 3.97. The largest absolute Gasteiger partial charge is 0.397 e. The zero-order valence-electron chi connectivity index (χ0n) is 11.9. The van der Waals surface area contributed by atoms with Gasteiger partial charge in [0, 0.05) is 18.3 Å². The van der Waals surface area contributed by atoms with Crippen LogP contribution < -0.4 is 16.4 Å². The third-order valence-corrected chi connectivity index (χ3v) is 5.06. The van der Waals surface area contributed by atoms with E-state index in [1.807, 2.05) is 17.5 Å². The van der Waals surface area contributed by atoms with E-state index < -0.39 is 0 Å². The van der Waals surface area contributed by atoms with Crippen molar-refractivity contribution < 1.29 is 9.59 Å². The molecule has 2 heterocycles. The number of thiophene rings is 2. The van der Waals surface area contributed by atoms with Crippen LogP contribution in [0.1, 0.15) is 38.3 Å². The second-order valence-electron chi connectivity index (χ2n) is 4.34. The quantitative estimate of drug-likeness (QED) is 0.714. The molecule has 2 aromatic heterocycles. The standard InChI is InChI=1S/C14H17N3O2S2/c1-3-9(18)12-11(15)10(13(19)16-2)14(21-12)17-7-8-5-4-6-20-8/h4-6,17H,3,7,15H2,1-2H3,(H,16,19). The Hall–Kier alpha value is -1.86. The van der Waals surface area contributed by atoms with E-state index in [2.05, 4.69) is 10.6 Å². The number of nitrogens with one attached hydrogen (secondary N) is 2. The number of carbonyl (C=O) groups excluding carboxylic acids is 2. The van der Waals surface area contributed by atoms with Crippen molar-refractivity contribution in [2.45, 2.75) is 19.9 Å². The fourth-order valence-corrected chi connectivity index (χ4v) is 3.63. The van der Waals surface area contributed by atoms with Crippen molar-refractivity contribution in [1.82, 2.24) is 5.32 Å². The molecule has 1 amide bonds. The minimum Gasteiger partial charge on any atom is -0.397 e. The number of carbonyl (C=O) groups is 2. The summed E-state index contributed by atoms with van der Waals surface area (Å²) in [5, 5.41) is 8.40. The molecule has 0 saturated carbocycles. The average molecular weight is 323 g/mol. The van der Waals surface area contributed by atoms with E-state index in [4.69, 9.17) is 5.73 Å². The fourth-order valence-electron chi connectivity index (χ4n) is 1.87. The fraction of sp³-hybridized carbons (Fsp3) is 0.286. The molecule has 21 heavy (non-hydrogen) atoms. The van der Waals surface area contributed by atoms with E-state index in [-0.39, 0.29) is 17.4 Å². The van der Waals surface area contributed by atoms with Crippen LogP contribution in [-0.4, -0.2) is 18.7 Å². The number of rotatable bonds is 6. The molecule has 0 saturated heterocycles. The van der Waals surface area contributed by atoms with Crippen LogP contribution >= 0.6 is 22.7 Å². The molecule has 0 aliphatic rings. The van der Waals surface area contributed by atoms with Gasteiger partial charge in [0.2, 0.25) is 0 Å². The number of amides is 1. The molecule has 112 valence electrons. The highest BCUT2D eigenvalue weighted by molar-refractivity contribution is 7.19. The Labute approximate surface area is 131 Å². The van der Waals surface area contributed by atoms with Crippen LogP contribution in [-0.2, 0) is 6.54 Å². The van der Waals surface area contributed by atoms with Gasteiger partial charge in [-0.05, 0) is 11.4 Å². The van der Waals surface area contributed by atoms with E-state index in [9.17, 15) is 9.59 Å². The molecule has 0 spiro atoms. The third kappa shape index (κ3) is 3.25. The molecule has 0 radical (unpaired) electrons. The summed E-state index contributed by atoms with van der Waals surface area (Å²) < 4.78 is 0. The molecule has 5 nitrogen and oxygen atoms in total. The maximum atomic E-state index is 12.0. The normalized spacial score (nSPS) is 10.4. The predicted molar refractivity (Wildman–Crippen MR) is 88.4 cm³/mol. The van der Waals surface area contributed by atoms with Gasteiger partial charge >= 0.3 is 0 Å². The monoisotopic (exact) mass is 323 g/mol. The lowest BCUT2D eigenvalue weighted by atomic mass is 10.1. The summed E-state index contributed by atoms with van der Waals surface area (Å²) in [7, 11) is 1.55. The van der Waals surface area contributed by atoms with Crippen LogP contribution in [0.4, 0.5) is 10.7 Å². The van der Waals surface area contributed by atoms with Gasteiger partial charge in [-0.2, -0.15) is 0 Å². The Kier molecular flexibility index (Phi) is 4.98. The first kappa shape index (κ1) is 15.5. The second kappa shape index (κ2) is 6.73. The summed E-state index contributed by atoms with van der Waals surface area (Å²) in [5.41, 5.74) is 6.62. The summed E-state index contributed by atoms with van der Waals surface area (Å²) >= 11 is 2.87. The van der Waals surface area contributed by atoms with E-state index in [0.29, 0.717) is 28.4 Å². The van der Waals surface area contributed by atoms with Crippen LogP contribution in [0, 0.1) is 0 Å². The van der Waals surface area contributed by atoms with Crippen LogP contribution in [0.15, 0.2) is 17.5 Å². The molecule has 0 unspecified atom stereocenters. The SMILES string of the molecule is CCC(=O)c1sc(NCc2cccs2)c(C(=O)NC)c1N. The van der Waals surface area contributed by atoms with E-state index in [1.165, 1.54) is 11.3 Å². The van der Waals surface area contributed by atoms with Crippen molar-refractivity contribution in [2.75, 3.05) is 18.1 Å². The number of anilines is 2. The number of Topliss-reactive ketones (excluding diaryl/α,β-unsaturated/α-hetero) is 1. The predicted octanol–water partition coefficient (Wildman–Crippen LogP) is 2.96. The van der Waals surface area contributed by atoms with Crippen molar-refractivity contribution >= 4 is 45.1 Å². The van der Waals surface area contributed by atoms with Crippen LogP contribution in [0.2, 0.25) is 0 Å². The molecule has 2 rings (SSSR count). The lowest BCUT2D eigenvalue weighted by Gasteiger charge is -2.06. The van der Waals surface area contributed by atoms with Gasteiger partial charge in [-0.3, -0.25) is 9.59 Å². The Morgan fingerprint density at radius 3 is 2.71 bits per heavy atom. The Morgan fingerprint density at radius 2 is 2.14 bits per heavy atom. The molecule has 0 aromatic carbocycles. The van der Waals surface area contributed by atoms with Gasteiger partial charge in [0.15, 0.2) is 5.78 Å². The molecule has 0 aliphatic heterocycles. The van der Waals surface area contributed by atoms with Gasteiger partial charge in [0.25, 0.3) is 5.91 Å². The van der Waals surface area contributed by atoms with Crippen molar-refractivity contribution in [2.24, 2.45) is 0 Å². The van der Waals surface area contributed by atoms with E-state index in [1.54, 1.807) is 25.3 Å². The van der Waals surface area contributed by atoms with Gasteiger partial charge in [-0.15, -0.1) is 22.7 Å². The number of nitrogen functional groups attached to an aromatic ring is 1. The highest BCUT2D eigenvalue weighted by atomic mass is 32.1. The van der Waals surface area contributed by atoms with Crippen molar-refractivity contribution in [3.8, 4) is 0 Å². The first-order valence-electron chi connectivity index (χ1n) is 6.52. The number of ketones is 1. The lowest BCUT2D eigenvalue weighted by Crippen LogP contribution is -2.20. The van der Waals surface area contributed by atoms with E-state index in [0.717, 1.165) is 4.88 Å². The number of nitrogens with two attached hydrogens (primary N) is 1. The minimum atomic E-state index is -0.285. The first-order valence-corrected chi connectivity index (χ1v) is 8.21. The van der Waals surface area contributed by atoms with Crippen molar-refractivity contribution in [3.05, 3.63) is 32.8 Å². The molecular weight excluding hydrogens is 306 g/mol. The summed E-state index contributed by atoms with van der Waals surface area (Å²) in [4.78, 5) is 25.5. The average Bonchev–Trinajstić information content (AvgIpc) is 3.11. The van der Waals surface area contributed by atoms with Crippen LogP contribution in [0.3, 0.4) is 0 Å². The number of hydrogen-bond acceptors (Lipinski definition) is 6. The molecule has 0 aliphatic carbocycles. The number of hydrogen-bond donors (Lipinski definition) is 3. The van der Waals surface area contributed by atoms with Gasteiger partial charge in [-0.1, -0.05) is 13.0 Å². The lowest BCUT2D eigenvalue weighted by molar-refractivity contribution is 0.0964. The smallest absolute Gasteiger partial charge is 0.256 e. The van der Waals surface area contributed by atoms with Crippen molar-refractivity contribution in [3.63, 3.8) is 0 Å². The third-order valence-electron chi connectivity index (χ3n) is 2.98. The van der Waals surface area contributed by atoms with Gasteiger partial charge in [0.05, 0.1) is 22.7 Å². The highest BCUT2D eigenvalue weighted by Gasteiger charge is 2.24. The maximum absolute atomic E-state index is 12.0. The first-order chi connectivity index (χ1) is 10.1. The Morgan fingerprint density at radius 1 is 1.38 bits per heavy atom. The molecule has 2 aromatic rings. The van der Waals surface area contributed by atoms with Gasteiger partial charge in [0.1, 0.15) is 5.00 Å². The Balaban J connectivity index is 2.33. The van der Waals surface area contributed by atoms with E-state index >= 15 is 0 Å².